The molecule has 0 spiro atoms. The zero-order chi connectivity index (χ0) is 21.4. The molecule has 4 aromatic rings. The summed E-state index contributed by atoms with van der Waals surface area (Å²) in [5, 5.41) is 11.4. The van der Waals surface area contributed by atoms with Crippen molar-refractivity contribution in [3.8, 4) is 5.82 Å². The number of benzene rings is 1. The van der Waals surface area contributed by atoms with Gasteiger partial charge in [-0.1, -0.05) is 6.58 Å². The third-order valence-corrected chi connectivity index (χ3v) is 4.87. The van der Waals surface area contributed by atoms with Crippen LogP contribution >= 0.6 is 0 Å². The molecule has 0 unspecified atom stereocenters. The minimum absolute atomic E-state index is 0.237. The molecule has 3 heterocycles. The predicted octanol–water partition coefficient (Wildman–Crippen LogP) is 3.95. The van der Waals surface area contributed by atoms with Gasteiger partial charge in [0.05, 0.1) is 11.2 Å². The average Bonchev–Trinajstić information content (AvgIpc) is 3.21. The Morgan fingerprint density at radius 1 is 1.17 bits per heavy atom. The Morgan fingerprint density at radius 3 is 2.67 bits per heavy atom. The van der Waals surface area contributed by atoms with Crippen LogP contribution in [0.5, 0.6) is 0 Å². The molecule has 0 aliphatic heterocycles. The SMILES string of the molecule is C=CC(=O)Nc1ccc2c(c1)c(C)cn2-c1nc(Nc2cc(C)nn2C)ncc1C. The van der Waals surface area contributed by atoms with E-state index in [0.29, 0.717) is 5.95 Å². The molecule has 0 radical (unpaired) electrons. The number of aryl methyl sites for hydroxylation is 4. The first kappa shape index (κ1) is 19.4. The van der Waals surface area contributed by atoms with Crippen molar-refractivity contribution < 1.29 is 4.79 Å². The maximum Gasteiger partial charge on any atom is 0.247 e. The van der Waals surface area contributed by atoms with Crippen molar-refractivity contribution in [3.05, 3.63) is 66.1 Å². The summed E-state index contributed by atoms with van der Waals surface area (Å²) in [6.07, 6.45) is 5.09. The highest BCUT2D eigenvalue weighted by Gasteiger charge is 2.13. The van der Waals surface area contributed by atoms with Crippen LogP contribution in [0.3, 0.4) is 0 Å². The van der Waals surface area contributed by atoms with Gasteiger partial charge in [0.25, 0.3) is 0 Å². The van der Waals surface area contributed by atoms with E-state index in [2.05, 4.69) is 27.3 Å². The van der Waals surface area contributed by atoms with Crippen LogP contribution in [-0.4, -0.2) is 30.2 Å². The molecular formula is C22H23N7O. The summed E-state index contributed by atoms with van der Waals surface area (Å²) in [6.45, 7) is 9.44. The molecule has 3 aromatic heterocycles. The highest BCUT2D eigenvalue weighted by atomic mass is 16.1. The Bertz CT molecular complexity index is 1280. The van der Waals surface area contributed by atoms with Crippen molar-refractivity contribution in [1.29, 1.82) is 0 Å². The molecule has 8 heteroatoms. The molecule has 0 aliphatic rings. The van der Waals surface area contributed by atoms with Crippen LogP contribution < -0.4 is 10.6 Å². The normalized spacial score (nSPS) is 10.9. The van der Waals surface area contributed by atoms with E-state index in [1.807, 2.05) is 62.8 Å². The summed E-state index contributed by atoms with van der Waals surface area (Å²) < 4.78 is 3.80. The molecule has 0 saturated carbocycles. The van der Waals surface area contributed by atoms with Gasteiger partial charge in [0.1, 0.15) is 11.6 Å². The highest BCUT2D eigenvalue weighted by molar-refractivity contribution is 6.00. The Hall–Kier alpha value is -3.94. The number of carbonyl (C=O) groups is 1. The quantitative estimate of drug-likeness (QED) is 0.494. The lowest BCUT2D eigenvalue weighted by atomic mass is 10.1. The van der Waals surface area contributed by atoms with Crippen molar-refractivity contribution in [2.24, 2.45) is 7.05 Å². The third kappa shape index (κ3) is 3.55. The van der Waals surface area contributed by atoms with Gasteiger partial charge in [-0.3, -0.25) is 9.48 Å². The summed E-state index contributed by atoms with van der Waals surface area (Å²) in [7, 11) is 1.87. The Balaban J connectivity index is 1.75. The van der Waals surface area contributed by atoms with Gasteiger partial charge in [-0.15, -0.1) is 0 Å². The number of hydrogen-bond acceptors (Lipinski definition) is 5. The van der Waals surface area contributed by atoms with Crippen LogP contribution in [0.2, 0.25) is 0 Å². The Labute approximate surface area is 174 Å². The first-order chi connectivity index (χ1) is 14.4. The number of carbonyl (C=O) groups excluding carboxylic acids is 1. The fourth-order valence-electron chi connectivity index (χ4n) is 3.42. The standard InChI is InChI=1S/C22H23N7O/c1-6-20(30)24-16-7-8-18-17(10-16)14(3)12-29(18)21-13(2)11-23-22(26-21)25-19-9-15(4)27-28(19)5/h6-12H,1H2,2-5H3,(H,24,30)(H,23,25,26). The summed E-state index contributed by atoms with van der Waals surface area (Å²) in [5.41, 5.74) is 4.66. The summed E-state index contributed by atoms with van der Waals surface area (Å²) in [5.74, 6) is 1.86. The van der Waals surface area contributed by atoms with Gasteiger partial charge in [-0.2, -0.15) is 10.1 Å². The molecule has 1 amide bonds. The van der Waals surface area contributed by atoms with E-state index in [1.165, 1.54) is 6.08 Å². The summed E-state index contributed by atoms with van der Waals surface area (Å²) >= 11 is 0. The predicted molar refractivity (Wildman–Crippen MR) is 118 cm³/mol. The zero-order valence-electron chi connectivity index (χ0n) is 17.4. The number of amides is 1. The molecule has 4 rings (SSSR count). The molecule has 152 valence electrons. The molecule has 2 N–H and O–H groups in total. The van der Waals surface area contributed by atoms with Gasteiger partial charge in [-0.05, 0) is 50.6 Å². The van der Waals surface area contributed by atoms with Crippen molar-refractivity contribution in [3.63, 3.8) is 0 Å². The lowest BCUT2D eigenvalue weighted by Gasteiger charge is -2.11. The largest absolute Gasteiger partial charge is 0.323 e. The van der Waals surface area contributed by atoms with E-state index in [0.717, 1.165) is 45.0 Å². The minimum Gasteiger partial charge on any atom is -0.323 e. The molecule has 0 atom stereocenters. The van der Waals surface area contributed by atoms with Gasteiger partial charge < -0.3 is 15.2 Å². The van der Waals surface area contributed by atoms with E-state index < -0.39 is 0 Å². The topological polar surface area (TPSA) is 89.7 Å². The number of hydrogen-bond donors (Lipinski definition) is 2. The van der Waals surface area contributed by atoms with E-state index in [4.69, 9.17) is 4.98 Å². The second-order valence-corrected chi connectivity index (χ2v) is 7.23. The van der Waals surface area contributed by atoms with Crippen LogP contribution in [0.15, 0.2) is 49.3 Å². The first-order valence-corrected chi connectivity index (χ1v) is 9.52. The lowest BCUT2D eigenvalue weighted by Crippen LogP contribution is -2.07. The van der Waals surface area contributed by atoms with Gasteiger partial charge in [0.15, 0.2) is 0 Å². The number of nitrogens with zero attached hydrogens (tertiary/aromatic N) is 5. The van der Waals surface area contributed by atoms with Crippen LogP contribution in [0.1, 0.15) is 16.8 Å². The molecule has 0 saturated heterocycles. The second kappa shape index (κ2) is 7.47. The molecule has 30 heavy (non-hydrogen) atoms. The van der Waals surface area contributed by atoms with E-state index in [9.17, 15) is 4.79 Å². The van der Waals surface area contributed by atoms with E-state index in [1.54, 1.807) is 10.9 Å². The fraction of sp³-hybridized carbons (Fsp3) is 0.182. The minimum atomic E-state index is -0.237. The van der Waals surface area contributed by atoms with Crippen molar-refractivity contribution in [2.45, 2.75) is 20.8 Å². The lowest BCUT2D eigenvalue weighted by molar-refractivity contribution is -0.111. The summed E-state index contributed by atoms with van der Waals surface area (Å²) in [4.78, 5) is 20.8. The fourth-order valence-corrected chi connectivity index (χ4v) is 3.42. The van der Waals surface area contributed by atoms with E-state index >= 15 is 0 Å². The van der Waals surface area contributed by atoms with Crippen LogP contribution in [0, 0.1) is 20.8 Å². The maximum absolute atomic E-state index is 11.6. The average molecular weight is 401 g/mol. The number of rotatable bonds is 5. The highest BCUT2D eigenvalue weighted by Crippen LogP contribution is 2.28. The van der Waals surface area contributed by atoms with Gasteiger partial charge in [0.2, 0.25) is 11.9 Å². The monoisotopic (exact) mass is 401 g/mol. The molecule has 0 bridgehead atoms. The molecule has 1 aromatic carbocycles. The zero-order valence-corrected chi connectivity index (χ0v) is 17.4. The van der Waals surface area contributed by atoms with Crippen molar-refractivity contribution >= 4 is 34.3 Å². The summed E-state index contributed by atoms with van der Waals surface area (Å²) in [6, 6.07) is 7.74. The maximum atomic E-state index is 11.6. The van der Waals surface area contributed by atoms with Gasteiger partial charge in [0, 0.05) is 42.1 Å². The molecule has 0 fully saturated rings. The van der Waals surface area contributed by atoms with Gasteiger partial charge >= 0.3 is 0 Å². The number of aromatic nitrogens is 5. The first-order valence-electron chi connectivity index (χ1n) is 9.52. The molecule has 8 nitrogen and oxygen atoms in total. The van der Waals surface area contributed by atoms with Crippen LogP contribution in [-0.2, 0) is 11.8 Å². The number of nitrogens with one attached hydrogen (secondary N) is 2. The molecule has 0 aliphatic carbocycles. The molecular weight excluding hydrogens is 378 g/mol. The second-order valence-electron chi connectivity index (χ2n) is 7.23. The Morgan fingerprint density at radius 2 is 1.97 bits per heavy atom. The third-order valence-electron chi connectivity index (χ3n) is 4.87. The van der Waals surface area contributed by atoms with Crippen LogP contribution in [0.4, 0.5) is 17.5 Å². The van der Waals surface area contributed by atoms with Crippen LogP contribution in [0.25, 0.3) is 16.7 Å². The Kier molecular flexibility index (Phi) is 4.83. The number of fused-ring (bicyclic) bond motifs is 1. The smallest absolute Gasteiger partial charge is 0.247 e. The van der Waals surface area contributed by atoms with E-state index in [-0.39, 0.29) is 5.91 Å². The van der Waals surface area contributed by atoms with Gasteiger partial charge in [-0.25, -0.2) is 4.98 Å². The van der Waals surface area contributed by atoms with Crippen molar-refractivity contribution in [1.82, 2.24) is 24.3 Å². The van der Waals surface area contributed by atoms with Crippen molar-refractivity contribution in [2.75, 3.05) is 10.6 Å². The number of anilines is 3.